The van der Waals surface area contributed by atoms with E-state index in [1.165, 1.54) is 19.3 Å². The number of phenolic OH excluding ortho intramolecular Hbond substituents is 1. The van der Waals surface area contributed by atoms with Gasteiger partial charge in [-0.05, 0) is 56.8 Å². The van der Waals surface area contributed by atoms with Crippen molar-refractivity contribution in [2.45, 2.75) is 32.6 Å². The lowest BCUT2D eigenvalue weighted by molar-refractivity contribution is 0.0433. The smallest absolute Gasteiger partial charge is 0.254 e. The number of likely N-dealkylation sites (tertiary alicyclic amines) is 1. The SMILES string of the molecule is Cc1ccc(C(=O)N2CCCC3(CCCNC3)C2)cc1O. The molecule has 0 saturated carbocycles. The van der Waals surface area contributed by atoms with Crippen molar-refractivity contribution in [1.29, 1.82) is 0 Å². The molecule has 2 fully saturated rings. The standard InChI is InChI=1S/C17H24N2O2/c1-13-4-5-14(10-15(13)20)16(21)19-9-3-7-17(12-19)6-2-8-18-11-17/h4-5,10,18,20H,2-3,6-9,11-12H2,1H3. The maximum absolute atomic E-state index is 12.7. The molecular formula is C17H24N2O2. The van der Waals surface area contributed by atoms with Gasteiger partial charge in [0.25, 0.3) is 5.91 Å². The third kappa shape index (κ3) is 2.91. The van der Waals surface area contributed by atoms with Gasteiger partial charge in [-0.25, -0.2) is 0 Å². The predicted molar refractivity (Wildman–Crippen MR) is 82.5 cm³/mol. The summed E-state index contributed by atoms with van der Waals surface area (Å²) in [6, 6.07) is 5.22. The van der Waals surface area contributed by atoms with Gasteiger partial charge in [-0.3, -0.25) is 4.79 Å². The Hall–Kier alpha value is -1.55. The lowest BCUT2D eigenvalue weighted by Gasteiger charge is -2.45. The number of hydrogen-bond acceptors (Lipinski definition) is 3. The summed E-state index contributed by atoms with van der Waals surface area (Å²) in [4.78, 5) is 14.7. The highest BCUT2D eigenvalue weighted by atomic mass is 16.3. The van der Waals surface area contributed by atoms with Crippen LogP contribution in [0.4, 0.5) is 0 Å². The van der Waals surface area contributed by atoms with E-state index in [4.69, 9.17) is 0 Å². The molecule has 1 amide bonds. The van der Waals surface area contributed by atoms with Gasteiger partial charge in [0.1, 0.15) is 5.75 Å². The zero-order valence-corrected chi connectivity index (χ0v) is 12.7. The Morgan fingerprint density at radius 2 is 2.14 bits per heavy atom. The van der Waals surface area contributed by atoms with Crippen LogP contribution < -0.4 is 5.32 Å². The van der Waals surface area contributed by atoms with E-state index in [0.717, 1.165) is 38.2 Å². The maximum atomic E-state index is 12.7. The number of carbonyl (C=O) groups is 1. The number of nitrogens with one attached hydrogen (secondary N) is 1. The molecule has 2 heterocycles. The zero-order valence-electron chi connectivity index (χ0n) is 12.7. The van der Waals surface area contributed by atoms with E-state index in [1.54, 1.807) is 6.07 Å². The summed E-state index contributed by atoms with van der Waals surface area (Å²) in [5.74, 6) is 0.252. The van der Waals surface area contributed by atoms with E-state index in [0.29, 0.717) is 5.56 Å². The summed E-state index contributed by atoms with van der Waals surface area (Å²) < 4.78 is 0. The van der Waals surface area contributed by atoms with Gasteiger partial charge in [-0.2, -0.15) is 0 Å². The Labute approximate surface area is 126 Å². The van der Waals surface area contributed by atoms with Crippen LogP contribution in [0.2, 0.25) is 0 Å². The average molecular weight is 288 g/mol. The molecule has 0 radical (unpaired) electrons. The van der Waals surface area contributed by atoms with Gasteiger partial charge in [-0.15, -0.1) is 0 Å². The van der Waals surface area contributed by atoms with Crippen molar-refractivity contribution in [3.8, 4) is 5.75 Å². The molecule has 4 heteroatoms. The highest BCUT2D eigenvalue weighted by Crippen LogP contribution is 2.36. The van der Waals surface area contributed by atoms with Crippen LogP contribution in [0, 0.1) is 12.3 Å². The third-order valence-corrected chi connectivity index (χ3v) is 4.97. The highest BCUT2D eigenvalue weighted by molar-refractivity contribution is 5.94. The van der Waals surface area contributed by atoms with Crippen LogP contribution in [-0.2, 0) is 0 Å². The van der Waals surface area contributed by atoms with E-state index in [1.807, 2.05) is 24.0 Å². The molecule has 0 bridgehead atoms. The summed E-state index contributed by atoms with van der Waals surface area (Å²) in [7, 11) is 0. The molecule has 21 heavy (non-hydrogen) atoms. The molecule has 1 atom stereocenters. The second-order valence-electron chi connectivity index (χ2n) is 6.61. The second kappa shape index (κ2) is 5.68. The molecule has 1 aromatic carbocycles. The number of amides is 1. The van der Waals surface area contributed by atoms with Gasteiger partial charge in [0.15, 0.2) is 0 Å². The van der Waals surface area contributed by atoms with Crippen LogP contribution in [-0.4, -0.2) is 42.1 Å². The topological polar surface area (TPSA) is 52.6 Å². The van der Waals surface area contributed by atoms with Crippen molar-refractivity contribution in [2.75, 3.05) is 26.2 Å². The van der Waals surface area contributed by atoms with Gasteiger partial charge in [0.2, 0.25) is 0 Å². The molecular weight excluding hydrogens is 264 g/mol. The van der Waals surface area contributed by atoms with E-state index in [9.17, 15) is 9.90 Å². The van der Waals surface area contributed by atoms with Crippen molar-refractivity contribution in [3.63, 3.8) is 0 Å². The van der Waals surface area contributed by atoms with Crippen LogP contribution in [0.5, 0.6) is 5.75 Å². The van der Waals surface area contributed by atoms with E-state index in [-0.39, 0.29) is 17.1 Å². The minimum absolute atomic E-state index is 0.0509. The number of benzene rings is 1. The van der Waals surface area contributed by atoms with Crippen LogP contribution >= 0.6 is 0 Å². The number of aromatic hydroxyl groups is 1. The Kier molecular flexibility index (Phi) is 3.89. The van der Waals surface area contributed by atoms with Crippen LogP contribution in [0.25, 0.3) is 0 Å². The first kappa shape index (κ1) is 14.4. The van der Waals surface area contributed by atoms with Crippen LogP contribution in [0.3, 0.4) is 0 Å². The molecule has 114 valence electrons. The third-order valence-electron chi connectivity index (χ3n) is 4.97. The summed E-state index contributed by atoms with van der Waals surface area (Å²) in [5.41, 5.74) is 1.66. The average Bonchev–Trinajstić information content (AvgIpc) is 2.50. The van der Waals surface area contributed by atoms with Crippen molar-refractivity contribution < 1.29 is 9.90 Å². The van der Waals surface area contributed by atoms with Crippen LogP contribution in [0.1, 0.15) is 41.6 Å². The number of rotatable bonds is 1. The first-order chi connectivity index (χ1) is 10.1. The van der Waals surface area contributed by atoms with Crippen LogP contribution in [0.15, 0.2) is 18.2 Å². The van der Waals surface area contributed by atoms with Crippen molar-refractivity contribution in [1.82, 2.24) is 10.2 Å². The Morgan fingerprint density at radius 1 is 1.33 bits per heavy atom. The molecule has 3 rings (SSSR count). The fourth-order valence-electron chi connectivity index (χ4n) is 3.68. The molecule has 2 saturated heterocycles. The summed E-state index contributed by atoms with van der Waals surface area (Å²) in [6.45, 7) is 5.63. The molecule has 4 nitrogen and oxygen atoms in total. The monoisotopic (exact) mass is 288 g/mol. The van der Waals surface area contributed by atoms with Crippen molar-refractivity contribution >= 4 is 5.91 Å². The summed E-state index contributed by atoms with van der Waals surface area (Å²) in [5, 5.41) is 13.3. The molecule has 2 aliphatic heterocycles. The van der Waals surface area contributed by atoms with Gasteiger partial charge >= 0.3 is 0 Å². The van der Waals surface area contributed by atoms with E-state index < -0.39 is 0 Å². The highest BCUT2D eigenvalue weighted by Gasteiger charge is 2.38. The maximum Gasteiger partial charge on any atom is 0.254 e. The van der Waals surface area contributed by atoms with Gasteiger partial charge in [-0.1, -0.05) is 6.07 Å². The number of phenols is 1. The fourth-order valence-corrected chi connectivity index (χ4v) is 3.68. The van der Waals surface area contributed by atoms with Crippen molar-refractivity contribution in [3.05, 3.63) is 29.3 Å². The van der Waals surface area contributed by atoms with Gasteiger partial charge in [0, 0.05) is 30.6 Å². The zero-order chi connectivity index (χ0) is 14.9. The molecule has 2 N–H and O–H groups in total. The van der Waals surface area contributed by atoms with Gasteiger partial charge < -0.3 is 15.3 Å². The summed E-state index contributed by atoms with van der Waals surface area (Å²) in [6.07, 6.45) is 4.70. The summed E-state index contributed by atoms with van der Waals surface area (Å²) >= 11 is 0. The quantitative estimate of drug-likeness (QED) is 0.834. The Balaban J connectivity index is 1.76. The molecule has 1 spiro atoms. The molecule has 0 aliphatic carbocycles. The largest absolute Gasteiger partial charge is 0.508 e. The van der Waals surface area contributed by atoms with Crippen molar-refractivity contribution in [2.24, 2.45) is 5.41 Å². The Morgan fingerprint density at radius 3 is 2.86 bits per heavy atom. The number of nitrogens with zero attached hydrogens (tertiary/aromatic N) is 1. The fraction of sp³-hybridized carbons (Fsp3) is 0.588. The van der Waals surface area contributed by atoms with Gasteiger partial charge in [0.05, 0.1) is 0 Å². The Bertz CT molecular complexity index is 530. The lowest BCUT2D eigenvalue weighted by Crippen LogP contribution is -2.52. The normalized spacial score (nSPS) is 26.0. The first-order valence-corrected chi connectivity index (χ1v) is 7.89. The minimum atomic E-state index is 0.0509. The number of carbonyl (C=O) groups excluding carboxylic acids is 1. The predicted octanol–water partition coefficient (Wildman–Crippen LogP) is 2.31. The molecule has 1 unspecified atom stereocenters. The molecule has 0 aromatic heterocycles. The number of piperidine rings is 2. The number of hydrogen-bond donors (Lipinski definition) is 2. The first-order valence-electron chi connectivity index (χ1n) is 7.89. The molecule has 1 aromatic rings. The number of aryl methyl sites for hydroxylation is 1. The molecule has 2 aliphatic rings. The lowest BCUT2D eigenvalue weighted by atomic mass is 9.74. The van der Waals surface area contributed by atoms with E-state index >= 15 is 0 Å². The second-order valence-corrected chi connectivity index (χ2v) is 6.61. The van der Waals surface area contributed by atoms with E-state index in [2.05, 4.69) is 5.32 Å². The minimum Gasteiger partial charge on any atom is -0.508 e.